The van der Waals surface area contributed by atoms with E-state index in [1.165, 1.54) is 0 Å². The molecule has 0 heterocycles. The van der Waals surface area contributed by atoms with Gasteiger partial charge in [0.15, 0.2) is 0 Å². The predicted molar refractivity (Wildman–Crippen MR) is 106 cm³/mol. The smallest absolute Gasteiger partial charge is 0.242 e. The van der Waals surface area contributed by atoms with E-state index in [-0.39, 0.29) is 18.2 Å². The van der Waals surface area contributed by atoms with Crippen molar-refractivity contribution >= 4 is 11.8 Å². The van der Waals surface area contributed by atoms with Crippen LogP contribution in [0.2, 0.25) is 0 Å². The summed E-state index contributed by atoms with van der Waals surface area (Å²) in [5.74, 6) is 0.510. The minimum Gasteiger partial charge on any atom is -0.497 e. The third-order valence-corrected chi connectivity index (χ3v) is 4.40. The van der Waals surface area contributed by atoms with Gasteiger partial charge in [-0.05, 0) is 36.6 Å². The molecular formula is C22H28N2O3. The van der Waals surface area contributed by atoms with E-state index in [0.29, 0.717) is 13.1 Å². The summed E-state index contributed by atoms with van der Waals surface area (Å²) in [6, 6.07) is 16.6. The van der Waals surface area contributed by atoms with Crippen LogP contribution in [0.3, 0.4) is 0 Å². The molecule has 1 N–H and O–H groups in total. The summed E-state index contributed by atoms with van der Waals surface area (Å²) in [7, 11) is 1.61. The van der Waals surface area contributed by atoms with Crippen LogP contribution in [0, 0.1) is 0 Å². The number of ether oxygens (including phenoxy) is 1. The van der Waals surface area contributed by atoms with E-state index < -0.39 is 6.04 Å². The number of methoxy groups -OCH3 is 1. The Morgan fingerprint density at radius 1 is 1.07 bits per heavy atom. The zero-order valence-corrected chi connectivity index (χ0v) is 16.3. The van der Waals surface area contributed by atoms with Crippen molar-refractivity contribution in [3.63, 3.8) is 0 Å². The molecule has 0 unspecified atom stereocenters. The molecule has 144 valence electrons. The van der Waals surface area contributed by atoms with Crippen molar-refractivity contribution in [3.05, 3.63) is 65.7 Å². The Bertz CT molecular complexity index is 746. The summed E-state index contributed by atoms with van der Waals surface area (Å²) >= 11 is 0. The summed E-state index contributed by atoms with van der Waals surface area (Å²) in [6.07, 6.45) is 1.11. The number of hydrogen-bond acceptors (Lipinski definition) is 3. The third-order valence-electron chi connectivity index (χ3n) is 4.40. The molecule has 0 aliphatic rings. The summed E-state index contributed by atoms with van der Waals surface area (Å²) in [5, 5.41) is 2.88. The fourth-order valence-corrected chi connectivity index (χ4v) is 2.82. The zero-order chi connectivity index (χ0) is 19.6. The van der Waals surface area contributed by atoms with E-state index in [9.17, 15) is 9.59 Å². The van der Waals surface area contributed by atoms with Crippen LogP contribution in [-0.2, 0) is 22.6 Å². The second-order valence-electron chi connectivity index (χ2n) is 6.50. The number of nitrogens with zero attached hydrogens (tertiary/aromatic N) is 1. The van der Waals surface area contributed by atoms with Crippen LogP contribution in [0.25, 0.3) is 0 Å². The van der Waals surface area contributed by atoms with Gasteiger partial charge >= 0.3 is 0 Å². The molecule has 2 amide bonds. The van der Waals surface area contributed by atoms with Crippen molar-refractivity contribution in [2.24, 2.45) is 0 Å². The minimum atomic E-state index is -0.557. The Morgan fingerprint density at radius 3 is 2.44 bits per heavy atom. The van der Waals surface area contributed by atoms with Gasteiger partial charge < -0.3 is 15.0 Å². The predicted octanol–water partition coefficient (Wildman–Crippen LogP) is 3.18. The molecular weight excluding hydrogens is 340 g/mol. The number of nitrogens with one attached hydrogen (secondary N) is 1. The second-order valence-corrected chi connectivity index (χ2v) is 6.50. The Morgan fingerprint density at radius 2 is 1.78 bits per heavy atom. The quantitative estimate of drug-likeness (QED) is 0.740. The van der Waals surface area contributed by atoms with Crippen LogP contribution in [0.15, 0.2) is 54.6 Å². The molecule has 0 aliphatic carbocycles. The normalized spacial score (nSPS) is 11.5. The molecule has 5 nitrogen and oxygen atoms in total. The maximum absolute atomic E-state index is 13.0. The molecule has 0 spiro atoms. The van der Waals surface area contributed by atoms with Crippen molar-refractivity contribution < 1.29 is 14.3 Å². The number of amides is 2. The third kappa shape index (κ3) is 6.13. The van der Waals surface area contributed by atoms with Gasteiger partial charge in [0.05, 0.1) is 13.5 Å². The van der Waals surface area contributed by atoms with Crippen LogP contribution in [0.1, 0.15) is 31.4 Å². The first kappa shape index (κ1) is 20.5. The molecule has 27 heavy (non-hydrogen) atoms. The fraction of sp³-hybridized carbons (Fsp3) is 0.364. The first-order chi connectivity index (χ1) is 13.0. The molecule has 0 aliphatic heterocycles. The number of benzene rings is 2. The van der Waals surface area contributed by atoms with E-state index >= 15 is 0 Å². The lowest BCUT2D eigenvalue weighted by atomic mass is 10.1. The van der Waals surface area contributed by atoms with Gasteiger partial charge in [0.2, 0.25) is 11.8 Å². The lowest BCUT2D eigenvalue weighted by molar-refractivity contribution is -0.140. The van der Waals surface area contributed by atoms with E-state index in [2.05, 4.69) is 5.32 Å². The van der Waals surface area contributed by atoms with E-state index in [1.807, 2.05) is 61.5 Å². The van der Waals surface area contributed by atoms with Crippen LogP contribution in [0.5, 0.6) is 5.75 Å². The highest BCUT2D eigenvalue weighted by atomic mass is 16.5. The zero-order valence-electron chi connectivity index (χ0n) is 16.3. The van der Waals surface area contributed by atoms with Gasteiger partial charge in [-0.15, -0.1) is 0 Å². The number of carbonyl (C=O) groups excluding carboxylic acids is 2. The highest BCUT2D eigenvalue weighted by molar-refractivity contribution is 5.88. The molecule has 0 radical (unpaired) electrons. The standard InChI is InChI=1S/C22H28N2O3/c1-4-13-23-22(26)17(2)24(16-19-11-8-12-20(14-19)27-3)21(25)15-18-9-6-5-7-10-18/h5-12,14,17H,4,13,15-16H2,1-3H3,(H,23,26)/t17-/m0/s1. The largest absolute Gasteiger partial charge is 0.497 e. The van der Waals surface area contributed by atoms with E-state index in [4.69, 9.17) is 4.74 Å². The Kier molecular flexibility index (Phi) is 7.86. The molecule has 2 aromatic carbocycles. The van der Waals surface area contributed by atoms with Gasteiger partial charge in [0.25, 0.3) is 0 Å². The lowest BCUT2D eigenvalue weighted by Crippen LogP contribution is -2.48. The Labute approximate surface area is 161 Å². The summed E-state index contributed by atoms with van der Waals surface area (Å²) in [5.41, 5.74) is 1.85. The van der Waals surface area contributed by atoms with Gasteiger partial charge in [0.1, 0.15) is 11.8 Å². The highest BCUT2D eigenvalue weighted by Gasteiger charge is 2.26. The van der Waals surface area contributed by atoms with Crippen molar-refractivity contribution in [2.75, 3.05) is 13.7 Å². The first-order valence-corrected chi connectivity index (χ1v) is 9.29. The minimum absolute atomic E-state index is 0.0804. The van der Waals surface area contributed by atoms with E-state index in [1.54, 1.807) is 18.9 Å². The van der Waals surface area contributed by atoms with Crippen LogP contribution >= 0.6 is 0 Å². The lowest BCUT2D eigenvalue weighted by Gasteiger charge is -2.29. The Balaban J connectivity index is 2.20. The maximum Gasteiger partial charge on any atom is 0.242 e. The maximum atomic E-state index is 13.0. The van der Waals surface area contributed by atoms with Crippen molar-refractivity contribution in [2.45, 2.75) is 39.3 Å². The Hall–Kier alpha value is -2.82. The van der Waals surface area contributed by atoms with Crippen molar-refractivity contribution in [1.82, 2.24) is 10.2 Å². The topological polar surface area (TPSA) is 58.6 Å². The van der Waals surface area contributed by atoms with E-state index in [0.717, 1.165) is 23.3 Å². The summed E-state index contributed by atoms with van der Waals surface area (Å²) in [4.78, 5) is 27.1. The molecule has 1 atom stereocenters. The molecule has 5 heteroatoms. The van der Waals surface area contributed by atoms with Gasteiger partial charge in [0, 0.05) is 13.1 Å². The average molecular weight is 368 g/mol. The van der Waals surface area contributed by atoms with Crippen LogP contribution in [0.4, 0.5) is 0 Å². The fourth-order valence-electron chi connectivity index (χ4n) is 2.82. The monoisotopic (exact) mass is 368 g/mol. The molecule has 0 saturated heterocycles. The number of carbonyl (C=O) groups is 2. The SMILES string of the molecule is CCCNC(=O)[C@H](C)N(Cc1cccc(OC)c1)C(=O)Cc1ccccc1. The van der Waals surface area contributed by atoms with Crippen LogP contribution in [-0.4, -0.2) is 36.4 Å². The molecule has 0 fully saturated rings. The summed E-state index contributed by atoms with van der Waals surface area (Å²) < 4.78 is 5.27. The van der Waals surface area contributed by atoms with Gasteiger partial charge in [-0.3, -0.25) is 9.59 Å². The van der Waals surface area contributed by atoms with Crippen LogP contribution < -0.4 is 10.1 Å². The molecule has 0 saturated carbocycles. The molecule has 2 rings (SSSR count). The van der Waals surface area contributed by atoms with Gasteiger partial charge in [-0.2, -0.15) is 0 Å². The van der Waals surface area contributed by atoms with Gasteiger partial charge in [-0.1, -0.05) is 49.4 Å². The summed E-state index contributed by atoms with van der Waals surface area (Å²) in [6.45, 7) is 4.72. The number of hydrogen-bond donors (Lipinski definition) is 1. The number of rotatable bonds is 9. The van der Waals surface area contributed by atoms with Gasteiger partial charge in [-0.25, -0.2) is 0 Å². The van der Waals surface area contributed by atoms with Crippen molar-refractivity contribution in [3.8, 4) is 5.75 Å². The van der Waals surface area contributed by atoms with Crippen molar-refractivity contribution in [1.29, 1.82) is 0 Å². The first-order valence-electron chi connectivity index (χ1n) is 9.29. The second kappa shape index (κ2) is 10.4. The highest BCUT2D eigenvalue weighted by Crippen LogP contribution is 2.17. The average Bonchev–Trinajstić information content (AvgIpc) is 2.70. The molecule has 2 aromatic rings. The molecule has 0 aromatic heterocycles. The molecule has 0 bridgehead atoms.